The Morgan fingerprint density at radius 2 is 1.90 bits per heavy atom. The summed E-state index contributed by atoms with van der Waals surface area (Å²) in [5, 5.41) is 11.1. The lowest BCUT2D eigenvalue weighted by Gasteiger charge is -2.45. The molecule has 2 atom stereocenters. The fraction of sp³-hybridized carbons (Fsp3) is 0.409. The number of halogens is 1. The molecule has 9 heteroatoms. The van der Waals surface area contributed by atoms with E-state index in [-0.39, 0.29) is 21.4 Å². The Bertz CT molecular complexity index is 1130. The Balaban J connectivity index is 1.92. The van der Waals surface area contributed by atoms with E-state index in [0.29, 0.717) is 30.7 Å². The van der Waals surface area contributed by atoms with E-state index < -0.39 is 27.6 Å². The number of rotatable bonds is 4. The van der Waals surface area contributed by atoms with Gasteiger partial charge in [0.05, 0.1) is 18.0 Å². The fourth-order valence-corrected chi connectivity index (χ4v) is 5.88. The van der Waals surface area contributed by atoms with Crippen LogP contribution in [0, 0.1) is 0 Å². The highest BCUT2D eigenvalue weighted by Crippen LogP contribution is 2.47. The number of fused-ring (bicyclic) bond motifs is 1. The molecule has 2 aliphatic heterocycles. The molecule has 0 radical (unpaired) electrons. The molecule has 0 aliphatic carbocycles. The normalized spacial score (nSPS) is 22.7. The molecule has 1 N–H and O–H groups in total. The number of nitrogens with zero attached hydrogens (tertiary/aromatic N) is 1. The van der Waals surface area contributed by atoms with Crippen LogP contribution in [-0.4, -0.2) is 49.7 Å². The third-order valence-electron chi connectivity index (χ3n) is 5.86. The average molecular weight is 510 g/mol. The predicted octanol–water partition coefficient (Wildman–Crippen LogP) is 3.49. The first-order valence-corrected chi connectivity index (χ1v) is 12.2. The molecule has 2 aromatic carbocycles. The van der Waals surface area contributed by atoms with Crippen molar-refractivity contribution in [3.63, 3.8) is 0 Å². The van der Waals surface area contributed by atoms with E-state index in [4.69, 9.17) is 9.47 Å². The topological polar surface area (TPSA) is 93.1 Å². The Hall–Kier alpha value is -2.10. The third kappa shape index (κ3) is 3.72. The van der Waals surface area contributed by atoms with Gasteiger partial charge >= 0.3 is 0 Å². The molecule has 0 unspecified atom stereocenters. The van der Waals surface area contributed by atoms with Gasteiger partial charge in [-0.1, -0.05) is 15.9 Å². The number of hydrogen-bond acceptors (Lipinski definition) is 6. The molecule has 7 nitrogen and oxygen atoms in total. The number of benzene rings is 2. The van der Waals surface area contributed by atoms with E-state index in [1.807, 2.05) is 0 Å². The molecule has 0 spiro atoms. The number of methoxy groups -OCH3 is 1. The molecule has 0 saturated carbocycles. The van der Waals surface area contributed by atoms with Gasteiger partial charge in [-0.05, 0) is 50.6 Å². The number of carbonyl (C=O) groups excluding carboxylic acids is 1. The zero-order valence-electron chi connectivity index (χ0n) is 17.5. The molecule has 1 fully saturated rings. The Kier molecular flexibility index (Phi) is 5.56. The van der Waals surface area contributed by atoms with E-state index in [0.717, 1.165) is 4.47 Å². The summed E-state index contributed by atoms with van der Waals surface area (Å²) in [7, 11) is -2.53. The Morgan fingerprint density at radius 3 is 2.48 bits per heavy atom. The van der Waals surface area contributed by atoms with Gasteiger partial charge in [0.25, 0.3) is 0 Å². The highest BCUT2D eigenvalue weighted by Gasteiger charge is 2.48. The van der Waals surface area contributed by atoms with E-state index in [9.17, 15) is 18.3 Å². The second-order valence-corrected chi connectivity index (χ2v) is 11.1. The minimum Gasteiger partial charge on any atom is -0.495 e. The van der Waals surface area contributed by atoms with E-state index >= 15 is 0 Å². The first-order valence-electron chi connectivity index (χ1n) is 9.95. The van der Waals surface area contributed by atoms with Crippen LogP contribution in [0.2, 0.25) is 0 Å². The lowest BCUT2D eigenvalue weighted by molar-refractivity contribution is -0.139. The van der Waals surface area contributed by atoms with Crippen molar-refractivity contribution in [1.82, 2.24) is 4.90 Å². The van der Waals surface area contributed by atoms with Crippen LogP contribution in [0.1, 0.15) is 38.3 Å². The van der Waals surface area contributed by atoms with Crippen molar-refractivity contribution in [1.29, 1.82) is 0 Å². The monoisotopic (exact) mass is 509 g/mol. The second-order valence-electron chi connectivity index (χ2n) is 8.28. The maximum Gasteiger partial charge on any atom is 0.223 e. The van der Waals surface area contributed by atoms with Crippen molar-refractivity contribution in [2.45, 2.75) is 54.2 Å². The summed E-state index contributed by atoms with van der Waals surface area (Å²) in [5.74, 6) is 0.466. The highest BCUT2D eigenvalue weighted by molar-refractivity contribution is 9.10. The predicted molar refractivity (Wildman–Crippen MR) is 117 cm³/mol. The molecule has 166 valence electrons. The molecule has 2 aromatic rings. The summed E-state index contributed by atoms with van der Waals surface area (Å²) < 4.78 is 39.1. The molecule has 2 heterocycles. The maximum absolute atomic E-state index is 13.4. The number of aliphatic hydroxyl groups excluding tert-OH is 1. The van der Waals surface area contributed by atoms with E-state index in [2.05, 4.69) is 15.9 Å². The van der Waals surface area contributed by atoms with Crippen molar-refractivity contribution in [3.8, 4) is 11.5 Å². The number of aliphatic hydroxyl groups is 1. The largest absolute Gasteiger partial charge is 0.495 e. The summed E-state index contributed by atoms with van der Waals surface area (Å²) in [5.41, 5.74) is -0.518. The number of likely N-dealkylation sites (tertiary alicyclic amines) is 1. The molecule has 1 amide bonds. The third-order valence-corrected chi connectivity index (χ3v) is 8.18. The minimum absolute atomic E-state index is 0.0387. The average Bonchev–Trinajstić information content (AvgIpc) is 3.13. The molecule has 31 heavy (non-hydrogen) atoms. The zero-order chi connectivity index (χ0) is 22.6. The molecular weight excluding hydrogens is 486 g/mol. The van der Waals surface area contributed by atoms with Gasteiger partial charge in [-0.15, -0.1) is 0 Å². The molecule has 2 aliphatic rings. The molecule has 1 saturated heterocycles. The lowest BCUT2D eigenvalue weighted by atomic mass is 9.85. The Morgan fingerprint density at radius 1 is 1.23 bits per heavy atom. The van der Waals surface area contributed by atoms with Gasteiger partial charge in [-0.25, -0.2) is 8.42 Å². The molecule has 0 bridgehead atoms. The number of sulfone groups is 1. The van der Waals surface area contributed by atoms with Crippen molar-refractivity contribution in [2.75, 3.05) is 13.7 Å². The molecular formula is C22H24BrNO6S. The van der Waals surface area contributed by atoms with Gasteiger partial charge < -0.3 is 19.5 Å². The number of carbonyl (C=O) groups is 1. The van der Waals surface area contributed by atoms with Crippen LogP contribution in [0.15, 0.2) is 50.7 Å². The van der Waals surface area contributed by atoms with E-state index in [1.54, 1.807) is 30.9 Å². The summed E-state index contributed by atoms with van der Waals surface area (Å²) in [6.45, 7) is 3.98. The van der Waals surface area contributed by atoms with Gasteiger partial charge in [0.15, 0.2) is 0 Å². The standard InChI is InChI=1S/C22H24BrNO6S/c1-22(2)21(26)20(24-10-4-5-19(24)25)15-11-18(17(29-3)12-16(15)30-22)31(27,28)14-8-6-13(23)7-9-14/h6-9,11-12,20-21,26H,4-5,10H2,1-3H3/t20-,21+/m0/s1. The zero-order valence-corrected chi connectivity index (χ0v) is 19.9. The quantitative estimate of drug-likeness (QED) is 0.677. The first kappa shape index (κ1) is 22.1. The van der Waals surface area contributed by atoms with Crippen LogP contribution < -0.4 is 9.47 Å². The highest BCUT2D eigenvalue weighted by atomic mass is 79.9. The van der Waals surface area contributed by atoms with Crippen LogP contribution in [0.3, 0.4) is 0 Å². The van der Waals surface area contributed by atoms with Crippen molar-refractivity contribution < 1.29 is 27.8 Å². The Labute approximate surface area is 190 Å². The number of hydrogen-bond donors (Lipinski definition) is 1. The van der Waals surface area contributed by atoms with E-state index in [1.165, 1.54) is 31.4 Å². The van der Waals surface area contributed by atoms with Crippen LogP contribution >= 0.6 is 15.9 Å². The van der Waals surface area contributed by atoms with Crippen LogP contribution in [0.25, 0.3) is 0 Å². The lowest BCUT2D eigenvalue weighted by Crippen LogP contribution is -2.53. The van der Waals surface area contributed by atoms with Crippen LogP contribution in [0.5, 0.6) is 11.5 Å². The van der Waals surface area contributed by atoms with Crippen molar-refractivity contribution in [2.24, 2.45) is 0 Å². The van der Waals surface area contributed by atoms with Gasteiger partial charge in [-0.3, -0.25) is 4.79 Å². The summed E-state index contributed by atoms with van der Waals surface area (Å²) >= 11 is 3.31. The fourth-order valence-electron chi connectivity index (χ4n) is 4.18. The van der Waals surface area contributed by atoms with Crippen LogP contribution in [0.4, 0.5) is 0 Å². The first-order chi connectivity index (χ1) is 14.6. The number of ether oxygens (including phenoxy) is 2. The van der Waals surface area contributed by atoms with Crippen molar-refractivity contribution in [3.05, 3.63) is 46.4 Å². The van der Waals surface area contributed by atoms with Gasteiger partial charge in [0.2, 0.25) is 15.7 Å². The van der Waals surface area contributed by atoms with Crippen molar-refractivity contribution >= 4 is 31.7 Å². The van der Waals surface area contributed by atoms with Gasteiger partial charge in [0.1, 0.15) is 28.1 Å². The summed E-state index contributed by atoms with van der Waals surface area (Å²) in [4.78, 5) is 14.2. The molecule has 0 aromatic heterocycles. The second kappa shape index (κ2) is 7.79. The smallest absolute Gasteiger partial charge is 0.223 e. The summed E-state index contributed by atoms with van der Waals surface area (Å²) in [6, 6.07) is 8.61. The molecule has 4 rings (SSSR count). The minimum atomic E-state index is -3.93. The van der Waals surface area contributed by atoms with Gasteiger partial charge in [0, 0.05) is 29.1 Å². The summed E-state index contributed by atoms with van der Waals surface area (Å²) in [6.07, 6.45) is 0.0671. The van der Waals surface area contributed by atoms with Crippen LogP contribution in [-0.2, 0) is 14.6 Å². The van der Waals surface area contributed by atoms with Gasteiger partial charge in [-0.2, -0.15) is 0 Å². The number of amides is 1. The SMILES string of the molecule is COc1cc2c(cc1S(=O)(=O)c1ccc(Br)cc1)[C@H](N1CCCC1=O)[C@@H](O)C(C)(C)O2. The maximum atomic E-state index is 13.4.